The fourth-order valence-corrected chi connectivity index (χ4v) is 1.11. The first-order valence-electron chi connectivity index (χ1n) is 3.98. The highest BCUT2D eigenvalue weighted by Gasteiger charge is 2.22. The number of hydrogen-bond acceptors (Lipinski definition) is 3. The van der Waals surface area contributed by atoms with Gasteiger partial charge < -0.3 is 5.32 Å². The highest BCUT2D eigenvalue weighted by molar-refractivity contribution is 7.74. The van der Waals surface area contributed by atoms with Gasteiger partial charge in [-0.1, -0.05) is 6.58 Å². The molecule has 0 rings (SSSR count). The minimum absolute atomic E-state index is 0.144. The molecule has 0 bridgehead atoms. The van der Waals surface area contributed by atoms with Gasteiger partial charge in [-0.3, -0.25) is 13.5 Å². The van der Waals surface area contributed by atoms with Crippen LogP contribution < -0.4 is 5.32 Å². The lowest BCUT2D eigenvalue weighted by Gasteiger charge is -2.22. The van der Waals surface area contributed by atoms with Gasteiger partial charge in [-0.05, 0) is 20.8 Å². The molecule has 0 aliphatic carbocycles. The zero-order valence-corrected chi connectivity index (χ0v) is 9.31. The molecule has 6 heteroatoms. The van der Waals surface area contributed by atoms with Gasteiger partial charge in [0, 0.05) is 12.1 Å². The first-order chi connectivity index (χ1) is 6.24. The predicted molar refractivity (Wildman–Crippen MR) is 53.8 cm³/mol. The van der Waals surface area contributed by atoms with Crippen molar-refractivity contribution in [3.05, 3.63) is 12.2 Å². The monoisotopic (exact) mass is 221 g/mol. The number of hydrogen-bond donors (Lipinski definition) is 2. The number of rotatable bonds is 5. The Hall–Kier alpha value is -0.720. The molecule has 0 aromatic heterocycles. The first-order valence-corrected chi connectivity index (χ1v) is 5.02. The van der Waals surface area contributed by atoms with Crippen LogP contribution in [-0.2, 0) is 20.3 Å². The molecule has 5 nitrogen and oxygen atoms in total. The van der Waals surface area contributed by atoms with E-state index in [4.69, 9.17) is 4.55 Å². The van der Waals surface area contributed by atoms with Crippen LogP contribution >= 0.6 is 0 Å². The van der Waals surface area contributed by atoms with Crippen molar-refractivity contribution in [2.75, 3.05) is 6.54 Å². The molecule has 2 N–H and O–H groups in total. The lowest BCUT2D eigenvalue weighted by atomic mass is 10.1. The second kappa shape index (κ2) is 5.23. The molecular weight excluding hydrogens is 206 g/mol. The molecule has 0 saturated heterocycles. The van der Waals surface area contributed by atoms with Gasteiger partial charge in [0.25, 0.3) is 0 Å². The molecular formula is C8H15NO4S. The standard InChI is InChI=1S/C8H15NO4S/c1-6(2)7(10)9-5-8(3,4)13-14(11)12/h1,5H2,2-4H3,(H,9,10)(H,11,12). The van der Waals surface area contributed by atoms with Crippen LogP contribution in [0, 0.1) is 0 Å². The average Bonchev–Trinajstić information content (AvgIpc) is 1.97. The summed E-state index contributed by atoms with van der Waals surface area (Å²) in [4.78, 5) is 11.1. The molecule has 1 unspecified atom stereocenters. The normalized spacial score (nSPS) is 13.4. The molecule has 14 heavy (non-hydrogen) atoms. The second-order valence-corrected chi connectivity index (χ2v) is 4.12. The van der Waals surface area contributed by atoms with Crippen molar-refractivity contribution in [3.8, 4) is 0 Å². The van der Waals surface area contributed by atoms with Gasteiger partial charge in [-0.2, -0.15) is 4.21 Å². The van der Waals surface area contributed by atoms with Gasteiger partial charge in [0.2, 0.25) is 5.91 Å². The fraction of sp³-hybridized carbons (Fsp3) is 0.625. The Balaban J connectivity index is 4.05. The Kier molecular flexibility index (Phi) is 4.96. The fourth-order valence-electron chi connectivity index (χ4n) is 0.666. The van der Waals surface area contributed by atoms with E-state index in [-0.39, 0.29) is 12.5 Å². The lowest BCUT2D eigenvalue weighted by Crippen LogP contribution is -2.40. The minimum Gasteiger partial charge on any atom is -0.349 e. The summed E-state index contributed by atoms with van der Waals surface area (Å²) in [6.45, 7) is 8.37. The van der Waals surface area contributed by atoms with E-state index < -0.39 is 17.0 Å². The number of carbonyl (C=O) groups excluding carboxylic acids is 1. The largest absolute Gasteiger partial charge is 0.349 e. The van der Waals surface area contributed by atoms with Crippen LogP contribution in [-0.4, -0.2) is 26.8 Å². The first kappa shape index (κ1) is 13.3. The highest BCUT2D eigenvalue weighted by Crippen LogP contribution is 2.08. The second-order valence-electron chi connectivity index (χ2n) is 3.52. The third kappa shape index (κ3) is 5.85. The molecule has 0 saturated carbocycles. The number of amides is 1. The van der Waals surface area contributed by atoms with Gasteiger partial charge in [-0.15, -0.1) is 0 Å². The van der Waals surface area contributed by atoms with Gasteiger partial charge >= 0.3 is 11.4 Å². The molecule has 0 aliphatic heterocycles. The number of carbonyl (C=O) groups is 1. The van der Waals surface area contributed by atoms with E-state index in [9.17, 15) is 9.00 Å². The Labute approximate surface area is 86.0 Å². The van der Waals surface area contributed by atoms with Crippen LogP contribution in [0.3, 0.4) is 0 Å². The zero-order valence-electron chi connectivity index (χ0n) is 8.49. The highest BCUT2D eigenvalue weighted by atomic mass is 32.2. The third-order valence-electron chi connectivity index (χ3n) is 1.36. The van der Waals surface area contributed by atoms with E-state index in [0.717, 1.165) is 0 Å². The van der Waals surface area contributed by atoms with E-state index in [1.165, 1.54) is 0 Å². The summed E-state index contributed by atoms with van der Waals surface area (Å²) in [5, 5.41) is 2.52. The van der Waals surface area contributed by atoms with Crippen LogP contribution in [0.15, 0.2) is 12.2 Å². The van der Waals surface area contributed by atoms with Crippen molar-refractivity contribution < 1.29 is 17.7 Å². The summed E-state index contributed by atoms with van der Waals surface area (Å²) >= 11 is -2.33. The summed E-state index contributed by atoms with van der Waals surface area (Å²) in [6, 6.07) is 0. The maximum Gasteiger partial charge on any atom is 0.302 e. The van der Waals surface area contributed by atoms with Gasteiger partial charge in [0.15, 0.2) is 0 Å². The van der Waals surface area contributed by atoms with Crippen LogP contribution in [0.4, 0.5) is 0 Å². The quantitative estimate of drug-likeness (QED) is 0.527. The Bertz CT molecular complexity index is 262. The zero-order chi connectivity index (χ0) is 11.4. The van der Waals surface area contributed by atoms with Gasteiger partial charge in [0.05, 0.1) is 5.60 Å². The summed E-state index contributed by atoms with van der Waals surface area (Å²) in [5.41, 5.74) is -0.504. The Morgan fingerprint density at radius 1 is 1.64 bits per heavy atom. The van der Waals surface area contributed by atoms with Crippen LogP contribution in [0.25, 0.3) is 0 Å². The molecule has 82 valence electrons. The third-order valence-corrected chi connectivity index (χ3v) is 1.95. The van der Waals surface area contributed by atoms with E-state index in [0.29, 0.717) is 5.57 Å². The number of nitrogens with one attached hydrogen (secondary N) is 1. The summed E-state index contributed by atoms with van der Waals surface area (Å²) < 4.78 is 23.5. The van der Waals surface area contributed by atoms with Gasteiger partial charge in [-0.25, -0.2) is 0 Å². The smallest absolute Gasteiger partial charge is 0.302 e. The van der Waals surface area contributed by atoms with Crippen LogP contribution in [0.5, 0.6) is 0 Å². The van der Waals surface area contributed by atoms with Crippen molar-refractivity contribution >= 4 is 17.3 Å². The summed E-state index contributed by atoms with van der Waals surface area (Å²) in [6.07, 6.45) is 0. The Morgan fingerprint density at radius 2 is 2.14 bits per heavy atom. The molecule has 0 aromatic carbocycles. The molecule has 1 amide bonds. The van der Waals surface area contributed by atoms with Crippen LogP contribution in [0.1, 0.15) is 20.8 Å². The van der Waals surface area contributed by atoms with E-state index in [1.54, 1.807) is 20.8 Å². The average molecular weight is 221 g/mol. The van der Waals surface area contributed by atoms with E-state index in [1.807, 2.05) is 0 Å². The van der Waals surface area contributed by atoms with Crippen molar-refractivity contribution in [2.45, 2.75) is 26.4 Å². The molecule has 0 aromatic rings. The maximum absolute atomic E-state index is 11.1. The van der Waals surface area contributed by atoms with Crippen LogP contribution in [0.2, 0.25) is 0 Å². The Morgan fingerprint density at radius 3 is 2.50 bits per heavy atom. The lowest BCUT2D eigenvalue weighted by molar-refractivity contribution is -0.118. The topological polar surface area (TPSA) is 75.6 Å². The molecule has 0 radical (unpaired) electrons. The van der Waals surface area contributed by atoms with Gasteiger partial charge in [0.1, 0.15) is 0 Å². The SMILES string of the molecule is C=C(C)C(=O)NCC(C)(C)OS(=O)O. The summed E-state index contributed by atoms with van der Waals surface area (Å²) in [5.74, 6) is -0.301. The summed E-state index contributed by atoms with van der Waals surface area (Å²) in [7, 11) is 0. The predicted octanol–water partition coefficient (Wildman–Crippen LogP) is 0.611. The molecule has 0 fully saturated rings. The molecule has 0 aliphatic rings. The van der Waals surface area contributed by atoms with Crippen molar-refractivity contribution in [1.29, 1.82) is 0 Å². The van der Waals surface area contributed by atoms with Crippen molar-refractivity contribution in [3.63, 3.8) is 0 Å². The van der Waals surface area contributed by atoms with Crippen molar-refractivity contribution in [2.24, 2.45) is 0 Å². The van der Waals surface area contributed by atoms with E-state index in [2.05, 4.69) is 16.1 Å². The molecule has 0 heterocycles. The maximum atomic E-state index is 11.1. The molecule has 1 atom stereocenters. The van der Waals surface area contributed by atoms with Crippen molar-refractivity contribution in [1.82, 2.24) is 5.32 Å². The minimum atomic E-state index is -2.33. The molecule has 0 spiro atoms. The van der Waals surface area contributed by atoms with E-state index >= 15 is 0 Å².